The van der Waals surface area contributed by atoms with Gasteiger partial charge >= 0.3 is 0 Å². The van der Waals surface area contributed by atoms with Crippen LogP contribution in [0.15, 0.2) is 158 Å². The summed E-state index contributed by atoms with van der Waals surface area (Å²) >= 11 is 0. The van der Waals surface area contributed by atoms with Crippen LogP contribution in [-0.4, -0.2) is 0 Å². The van der Waals surface area contributed by atoms with Gasteiger partial charge in [0.2, 0.25) is 11.4 Å². The summed E-state index contributed by atoms with van der Waals surface area (Å²) in [5.41, 5.74) is 10.0. The van der Waals surface area contributed by atoms with Gasteiger partial charge in [0.05, 0.1) is 0 Å². The number of nitrogens with zero attached hydrogens (tertiary/aromatic N) is 2. The summed E-state index contributed by atoms with van der Waals surface area (Å²) in [5, 5.41) is 0. The minimum Gasteiger partial charge on any atom is -0.167 e. The van der Waals surface area contributed by atoms with Crippen molar-refractivity contribution >= 4 is 0 Å². The molecule has 2 heterocycles. The van der Waals surface area contributed by atoms with Gasteiger partial charge in [-0.2, -0.15) is 9.13 Å². The lowest BCUT2D eigenvalue weighted by Crippen LogP contribution is -2.30. The zero-order valence-electron chi connectivity index (χ0n) is 21.3. The van der Waals surface area contributed by atoms with Crippen LogP contribution in [0.1, 0.15) is 29.7 Å². The molecule has 2 nitrogen and oxygen atoms in total. The Bertz CT molecular complexity index is 1500. The van der Waals surface area contributed by atoms with Crippen molar-refractivity contribution in [1.82, 2.24) is 0 Å². The lowest BCUT2D eigenvalue weighted by Gasteiger charge is -2.05. The van der Waals surface area contributed by atoms with Crippen LogP contribution in [0.25, 0.3) is 22.5 Å². The fraction of sp³-hybridized carbons (Fsp3) is 0.0811. The third-order valence-electron chi connectivity index (χ3n) is 6.91. The summed E-state index contributed by atoms with van der Waals surface area (Å²) in [4.78, 5) is 0. The molecular weight excluding hydrogens is 472 g/mol. The number of pyridine rings is 2. The van der Waals surface area contributed by atoms with Crippen LogP contribution in [0.3, 0.4) is 0 Å². The molecule has 0 saturated heterocycles. The Kier molecular flexibility index (Phi) is 8.04. The van der Waals surface area contributed by atoms with Gasteiger partial charge in [-0.3, -0.25) is 0 Å². The van der Waals surface area contributed by atoms with Crippen LogP contribution in [0, 0.1) is 0 Å². The zero-order chi connectivity index (χ0) is 25.6. The molecule has 190 valence electrons. The molecule has 0 bridgehead atoms. The van der Waals surface area contributed by atoms with E-state index in [0.29, 0.717) is 0 Å². The largest absolute Gasteiger partial charge is 0.210 e. The van der Waals surface area contributed by atoms with E-state index in [0.717, 1.165) is 12.8 Å². The number of benzene rings is 4. The van der Waals surface area contributed by atoms with Crippen molar-refractivity contribution in [2.24, 2.45) is 0 Å². The third-order valence-corrected chi connectivity index (χ3v) is 6.91. The van der Waals surface area contributed by atoms with Gasteiger partial charge in [-0.1, -0.05) is 92.4 Å². The van der Waals surface area contributed by atoms with Crippen molar-refractivity contribution < 1.29 is 9.13 Å². The van der Waals surface area contributed by atoms with Crippen molar-refractivity contribution in [1.29, 1.82) is 0 Å². The summed E-state index contributed by atoms with van der Waals surface area (Å²) in [6.45, 7) is 0. The van der Waals surface area contributed by atoms with E-state index < -0.39 is 0 Å². The molecule has 6 rings (SSSR count). The molecule has 0 atom stereocenters. The maximum absolute atomic E-state index is 2.27. The first kappa shape index (κ1) is 25.8. The van der Waals surface area contributed by atoms with Gasteiger partial charge in [0.15, 0.2) is 24.8 Å². The molecule has 0 radical (unpaired) electrons. The molecule has 0 aliphatic heterocycles. The molecule has 2 aromatic heterocycles. The molecule has 6 aromatic rings. The fourth-order valence-electron chi connectivity index (χ4n) is 4.90. The monoisotopic (exact) mass is 506 g/mol. The van der Waals surface area contributed by atoms with Gasteiger partial charge in [-0.15, -0.1) is 0 Å². The smallest absolute Gasteiger partial charge is 0.167 e. The van der Waals surface area contributed by atoms with Crippen molar-refractivity contribution in [3.05, 3.63) is 181 Å². The summed E-state index contributed by atoms with van der Waals surface area (Å²) in [5.74, 6) is 0. The Labute approximate surface area is 232 Å². The van der Waals surface area contributed by atoms with Gasteiger partial charge < -0.3 is 0 Å². The van der Waals surface area contributed by atoms with Crippen molar-refractivity contribution in [3.8, 4) is 22.5 Å². The second-order valence-corrected chi connectivity index (χ2v) is 9.65. The normalized spacial score (nSPS) is 10.6. The standard InChI is InChI=1S/C36H30N2.CH4/c1-3-9-29(10-4-1)25-31-13-7-15-35(27-31)37-21-17-33(18-22-37)34-19-23-38(24-20-34)36-16-8-14-32(28-36)26-30-11-5-2-6-12-30;/h1-24,27-28H,25-26H2;1H4/q+2;. The third kappa shape index (κ3) is 6.37. The topological polar surface area (TPSA) is 7.76 Å². The molecule has 0 aliphatic carbocycles. The Morgan fingerprint density at radius 1 is 0.359 bits per heavy atom. The first-order chi connectivity index (χ1) is 18.8. The number of rotatable bonds is 7. The zero-order valence-corrected chi connectivity index (χ0v) is 21.3. The Balaban J connectivity index is 0.00000308. The van der Waals surface area contributed by atoms with Crippen molar-refractivity contribution in [3.63, 3.8) is 0 Å². The fourth-order valence-corrected chi connectivity index (χ4v) is 4.90. The molecule has 39 heavy (non-hydrogen) atoms. The van der Waals surface area contributed by atoms with Crippen molar-refractivity contribution in [2.75, 3.05) is 0 Å². The lowest BCUT2D eigenvalue weighted by atomic mass is 10.0. The van der Waals surface area contributed by atoms with E-state index in [1.807, 2.05) is 0 Å². The van der Waals surface area contributed by atoms with E-state index in [4.69, 9.17) is 0 Å². The highest BCUT2D eigenvalue weighted by atomic mass is 14.9. The predicted molar refractivity (Wildman–Crippen MR) is 160 cm³/mol. The highest BCUT2D eigenvalue weighted by Crippen LogP contribution is 2.18. The Morgan fingerprint density at radius 2 is 0.718 bits per heavy atom. The second-order valence-electron chi connectivity index (χ2n) is 9.65. The molecular formula is C37H34N2+2. The summed E-state index contributed by atoms with van der Waals surface area (Å²) < 4.78 is 4.36. The molecule has 0 fully saturated rings. The average molecular weight is 507 g/mol. The first-order valence-corrected chi connectivity index (χ1v) is 13.1. The van der Waals surface area contributed by atoms with Crippen LogP contribution in [0.2, 0.25) is 0 Å². The highest BCUT2D eigenvalue weighted by molar-refractivity contribution is 5.61. The molecule has 0 unspecified atom stereocenters. The van der Waals surface area contributed by atoms with E-state index in [9.17, 15) is 0 Å². The van der Waals surface area contributed by atoms with E-state index in [1.54, 1.807) is 0 Å². The first-order valence-electron chi connectivity index (χ1n) is 13.1. The van der Waals surface area contributed by atoms with Gasteiger partial charge in [-0.25, -0.2) is 0 Å². The number of aromatic nitrogens is 2. The SMILES string of the molecule is C.c1ccc(Cc2cccc(-[n+]3ccc(-c4cc[n+](-c5cccc(Cc6ccccc6)c5)cc4)cc3)c2)cc1. The van der Waals surface area contributed by atoms with Gasteiger partial charge in [-0.05, 0) is 46.2 Å². The van der Waals surface area contributed by atoms with Gasteiger partial charge in [0, 0.05) is 48.5 Å². The van der Waals surface area contributed by atoms with Gasteiger partial charge in [0.1, 0.15) is 0 Å². The van der Waals surface area contributed by atoms with Crippen LogP contribution in [0.4, 0.5) is 0 Å². The second kappa shape index (κ2) is 12.1. The summed E-state index contributed by atoms with van der Waals surface area (Å²) in [6.07, 6.45) is 10.4. The summed E-state index contributed by atoms with van der Waals surface area (Å²) in [6, 6.07) is 47.5. The average Bonchev–Trinajstić information content (AvgIpc) is 2.99. The van der Waals surface area contributed by atoms with E-state index >= 15 is 0 Å². The molecule has 0 amide bonds. The van der Waals surface area contributed by atoms with Crippen LogP contribution >= 0.6 is 0 Å². The van der Waals surface area contributed by atoms with E-state index in [1.165, 1.54) is 44.8 Å². The molecule has 2 heteroatoms. The number of hydrogen-bond donors (Lipinski definition) is 0. The molecule has 0 spiro atoms. The maximum Gasteiger partial charge on any atom is 0.210 e. The highest BCUT2D eigenvalue weighted by Gasteiger charge is 2.11. The van der Waals surface area contributed by atoms with Crippen LogP contribution in [-0.2, 0) is 12.8 Å². The molecule has 0 saturated carbocycles. The number of hydrogen-bond acceptors (Lipinski definition) is 0. The van der Waals surface area contributed by atoms with Gasteiger partial charge in [0.25, 0.3) is 0 Å². The van der Waals surface area contributed by atoms with E-state index in [2.05, 4.69) is 167 Å². The maximum atomic E-state index is 2.27. The quantitative estimate of drug-likeness (QED) is 0.196. The minimum atomic E-state index is 0. The van der Waals surface area contributed by atoms with Crippen LogP contribution in [0.5, 0.6) is 0 Å². The predicted octanol–water partition coefficient (Wildman–Crippen LogP) is 7.72. The van der Waals surface area contributed by atoms with Crippen LogP contribution < -0.4 is 9.13 Å². The molecule has 0 aliphatic rings. The van der Waals surface area contributed by atoms with E-state index in [-0.39, 0.29) is 7.43 Å². The molecule has 4 aromatic carbocycles. The van der Waals surface area contributed by atoms with Crippen molar-refractivity contribution in [2.45, 2.75) is 20.3 Å². The Hall–Kier alpha value is -4.82. The lowest BCUT2D eigenvalue weighted by molar-refractivity contribution is -0.596. The Morgan fingerprint density at radius 3 is 1.10 bits per heavy atom. The minimum absolute atomic E-state index is 0. The molecule has 0 N–H and O–H groups in total. The summed E-state index contributed by atoms with van der Waals surface area (Å²) in [7, 11) is 0.